The summed E-state index contributed by atoms with van der Waals surface area (Å²) in [5.41, 5.74) is 0.578. The minimum Gasteiger partial charge on any atom is -0.315 e. The number of pyridine rings is 1. The molecule has 0 aromatic carbocycles. The molecule has 1 saturated heterocycles. The predicted octanol–water partition coefficient (Wildman–Crippen LogP) is 1.50. The van der Waals surface area contributed by atoms with Crippen molar-refractivity contribution in [3.63, 3.8) is 0 Å². The molecule has 0 bridgehead atoms. The number of hydrogen-bond donors (Lipinski definition) is 0. The largest absolute Gasteiger partial charge is 0.333 e. The van der Waals surface area contributed by atoms with Gasteiger partial charge in [0.05, 0.1) is 0 Å². The van der Waals surface area contributed by atoms with Crippen LogP contribution < -0.4 is 4.90 Å². The molecule has 1 aliphatic heterocycles. The standard InChI is InChI=1S/C14H14FN5O2/c1-8-7-19(12-10(15)5-4-6-16-12)17-11(8)20-13(21)9(2)18(3)14(20)22/h4-7,9H,1-3H3. The lowest BCUT2D eigenvalue weighted by molar-refractivity contribution is -0.119. The molecule has 0 spiro atoms. The van der Waals surface area contributed by atoms with Crippen molar-refractivity contribution in [1.29, 1.82) is 0 Å². The van der Waals surface area contributed by atoms with Crippen molar-refractivity contribution >= 4 is 17.8 Å². The van der Waals surface area contributed by atoms with Crippen molar-refractivity contribution < 1.29 is 14.0 Å². The topological polar surface area (TPSA) is 71.3 Å². The Morgan fingerprint density at radius 3 is 2.59 bits per heavy atom. The number of halogens is 1. The van der Waals surface area contributed by atoms with Crippen LogP contribution in [0.25, 0.3) is 5.82 Å². The van der Waals surface area contributed by atoms with E-state index < -0.39 is 17.9 Å². The molecule has 2 aromatic rings. The number of aryl methyl sites for hydroxylation is 1. The highest BCUT2D eigenvalue weighted by molar-refractivity contribution is 6.20. The molecule has 3 heterocycles. The second kappa shape index (κ2) is 4.90. The molecule has 1 unspecified atom stereocenters. The average molecular weight is 303 g/mol. The van der Waals surface area contributed by atoms with Crippen LogP contribution in [0.1, 0.15) is 12.5 Å². The van der Waals surface area contributed by atoms with E-state index in [9.17, 15) is 14.0 Å². The summed E-state index contributed by atoms with van der Waals surface area (Å²) < 4.78 is 15.0. The van der Waals surface area contributed by atoms with Crippen LogP contribution >= 0.6 is 0 Å². The van der Waals surface area contributed by atoms with Crippen LogP contribution in [0.15, 0.2) is 24.5 Å². The summed E-state index contributed by atoms with van der Waals surface area (Å²) in [6, 6.07) is 1.73. The van der Waals surface area contributed by atoms with Gasteiger partial charge in [0.1, 0.15) is 6.04 Å². The van der Waals surface area contributed by atoms with Gasteiger partial charge in [-0.3, -0.25) is 4.79 Å². The minimum atomic E-state index is -0.552. The maximum absolute atomic E-state index is 13.8. The molecule has 8 heteroatoms. The lowest BCUT2D eigenvalue weighted by Gasteiger charge is -2.12. The van der Waals surface area contributed by atoms with Crippen molar-refractivity contribution in [3.8, 4) is 5.82 Å². The van der Waals surface area contributed by atoms with E-state index in [1.165, 1.54) is 34.1 Å². The molecule has 7 nitrogen and oxygen atoms in total. The van der Waals surface area contributed by atoms with Crippen molar-refractivity contribution in [2.45, 2.75) is 19.9 Å². The monoisotopic (exact) mass is 303 g/mol. The number of likely N-dealkylation sites (N-methyl/N-ethyl adjacent to an activating group) is 1. The van der Waals surface area contributed by atoms with Gasteiger partial charge in [0.15, 0.2) is 17.5 Å². The Balaban J connectivity index is 2.06. The van der Waals surface area contributed by atoms with E-state index in [0.29, 0.717) is 5.56 Å². The number of amides is 3. The van der Waals surface area contributed by atoms with Crippen molar-refractivity contribution in [2.75, 3.05) is 11.9 Å². The van der Waals surface area contributed by atoms with Gasteiger partial charge >= 0.3 is 6.03 Å². The van der Waals surface area contributed by atoms with Gasteiger partial charge in [-0.1, -0.05) is 0 Å². The highest BCUT2D eigenvalue weighted by Gasteiger charge is 2.43. The normalized spacial score (nSPS) is 18.5. The Bertz CT molecular complexity index is 752. The average Bonchev–Trinajstić information content (AvgIpc) is 2.95. The van der Waals surface area contributed by atoms with Gasteiger partial charge in [0, 0.05) is 25.0 Å². The number of nitrogens with zero attached hydrogens (tertiary/aromatic N) is 5. The minimum absolute atomic E-state index is 0.0114. The van der Waals surface area contributed by atoms with Crippen LogP contribution in [0.4, 0.5) is 15.0 Å². The third-order valence-electron chi connectivity index (χ3n) is 3.69. The fourth-order valence-electron chi connectivity index (χ4n) is 2.29. The van der Waals surface area contributed by atoms with Gasteiger partial charge in [-0.25, -0.2) is 23.8 Å². The third-order valence-corrected chi connectivity index (χ3v) is 3.69. The summed E-state index contributed by atoms with van der Waals surface area (Å²) in [5.74, 6) is -0.697. The smallest absolute Gasteiger partial charge is 0.315 e. The van der Waals surface area contributed by atoms with E-state index >= 15 is 0 Å². The molecule has 2 aromatic heterocycles. The first kappa shape index (κ1) is 14.2. The lowest BCUT2D eigenvalue weighted by Crippen LogP contribution is -2.32. The molecule has 3 amide bonds. The second-order valence-electron chi connectivity index (χ2n) is 5.13. The van der Waals surface area contributed by atoms with Crippen LogP contribution in [0.3, 0.4) is 0 Å². The van der Waals surface area contributed by atoms with Crippen LogP contribution in [-0.2, 0) is 4.79 Å². The number of hydrogen-bond acceptors (Lipinski definition) is 4. The molecule has 0 radical (unpaired) electrons. The highest BCUT2D eigenvalue weighted by Crippen LogP contribution is 2.26. The molecule has 0 N–H and O–H groups in total. The number of aromatic nitrogens is 3. The molecule has 114 valence electrons. The van der Waals surface area contributed by atoms with Crippen molar-refractivity contribution in [1.82, 2.24) is 19.7 Å². The van der Waals surface area contributed by atoms with Crippen LogP contribution in [-0.4, -0.2) is 44.7 Å². The first-order valence-corrected chi connectivity index (χ1v) is 6.69. The Labute approximate surface area is 126 Å². The van der Waals surface area contributed by atoms with Gasteiger partial charge in [0.25, 0.3) is 5.91 Å². The molecule has 0 saturated carbocycles. The number of anilines is 1. The van der Waals surface area contributed by atoms with Crippen LogP contribution in [0.2, 0.25) is 0 Å². The molecule has 0 aliphatic carbocycles. The van der Waals surface area contributed by atoms with E-state index in [2.05, 4.69) is 10.1 Å². The van der Waals surface area contributed by atoms with E-state index in [-0.39, 0.29) is 17.5 Å². The maximum atomic E-state index is 13.8. The first-order valence-electron chi connectivity index (χ1n) is 6.69. The molecule has 1 fully saturated rings. The van der Waals surface area contributed by atoms with E-state index in [0.717, 1.165) is 4.90 Å². The molecular weight excluding hydrogens is 289 g/mol. The Morgan fingerprint density at radius 2 is 2.00 bits per heavy atom. The summed E-state index contributed by atoms with van der Waals surface area (Å²) in [4.78, 5) is 30.7. The Kier molecular flexibility index (Phi) is 3.16. The number of carbonyl (C=O) groups is 2. The summed E-state index contributed by atoms with van der Waals surface area (Å²) in [5, 5.41) is 4.16. The van der Waals surface area contributed by atoms with Gasteiger partial charge in [-0.15, -0.1) is 5.10 Å². The SMILES string of the molecule is Cc1cn(-c2ncccc2F)nc1N1C(=O)C(C)N(C)C1=O. The highest BCUT2D eigenvalue weighted by atomic mass is 19.1. The summed E-state index contributed by atoms with van der Waals surface area (Å²) in [6.07, 6.45) is 2.97. The van der Waals surface area contributed by atoms with E-state index in [1.807, 2.05) is 0 Å². The Morgan fingerprint density at radius 1 is 1.27 bits per heavy atom. The number of imide groups is 1. The van der Waals surface area contributed by atoms with Gasteiger partial charge < -0.3 is 4.90 Å². The van der Waals surface area contributed by atoms with Crippen LogP contribution in [0, 0.1) is 12.7 Å². The molecule has 3 rings (SSSR count). The van der Waals surface area contributed by atoms with Gasteiger partial charge in [-0.2, -0.15) is 0 Å². The Hall–Kier alpha value is -2.77. The zero-order valence-electron chi connectivity index (χ0n) is 12.3. The van der Waals surface area contributed by atoms with E-state index in [1.54, 1.807) is 20.9 Å². The molecule has 1 aliphatic rings. The number of urea groups is 1. The van der Waals surface area contributed by atoms with Gasteiger partial charge in [-0.05, 0) is 26.0 Å². The van der Waals surface area contributed by atoms with Crippen molar-refractivity contribution in [3.05, 3.63) is 35.9 Å². The second-order valence-corrected chi connectivity index (χ2v) is 5.13. The zero-order valence-corrected chi connectivity index (χ0v) is 12.3. The fourth-order valence-corrected chi connectivity index (χ4v) is 2.29. The summed E-state index contributed by atoms with van der Waals surface area (Å²) in [7, 11) is 1.55. The zero-order chi connectivity index (χ0) is 16.0. The number of carbonyl (C=O) groups excluding carboxylic acids is 2. The first-order chi connectivity index (χ1) is 10.4. The quantitative estimate of drug-likeness (QED) is 0.788. The third kappa shape index (κ3) is 1.95. The number of rotatable bonds is 2. The fraction of sp³-hybridized carbons (Fsp3) is 0.286. The summed E-state index contributed by atoms with van der Waals surface area (Å²) in [6.45, 7) is 3.34. The maximum Gasteiger partial charge on any atom is 0.333 e. The molecule has 1 atom stereocenters. The lowest BCUT2D eigenvalue weighted by atomic mass is 10.3. The van der Waals surface area contributed by atoms with Crippen LogP contribution in [0.5, 0.6) is 0 Å². The summed E-state index contributed by atoms with van der Waals surface area (Å²) >= 11 is 0. The van der Waals surface area contributed by atoms with Gasteiger partial charge in [0.2, 0.25) is 0 Å². The predicted molar refractivity (Wildman–Crippen MR) is 76.2 cm³/mol. The van der Waals surface area contributed by atoms with Crippen molar-refractivity contribution in [2.24, 2.45) is 0 Å². The molecule has 22 heavy (non-hydrogen) atoms. The van der Waals surface area contributed by atoms with E-state index in [4.69, 9.17) is 0 Å². The molecular formula is C14H14FN5O2.